The second-order valence-corrected chi connectivity index (χ2v) is 5.96. The Morgan fingerprint density at radius 1 is 1.32 bits per heavy atom. The van der Waals surface area contributed by atoms with Crippen LogP contribution in [0.4, 0.5) is 0 Å². The molecule has 2 heterocycles. The normalized spacial score (nSPS) is 16.9. The summed E-state index contributed by atoms with van der Waals surface area (Å²) in [6, 6.07) is 8.73. The van der Waals surface area contributed by atoms with Gasteiger partial charge in [0.15, 0.2) is 0 Å². The van der Waals surface area contributed by atoms with E-state index in [-0.39, 0.29) is 0 Å². The lowest BCUT2D eigenvalue weighted by Gasteiger charge is -2.14. The number of benzene rings is 1. The molecule has 1 aliphatic rings. The Kier molecular flexibility index (Phi) is 2.47. The summed E-state index contributed by atoms with van der Waals surface area (Å²) >= 11 is 1.68. The fraction of sp³-hybridized carbons (Fsp3) is 0.267. The molecule has 3 nitrogen and oxygen atoms in total. The lowest BCUT2D eigenvalue weighted by molar-refractivity contribution is 0.211. The van der Waals surface area contributed by atoms with Crippen molar-refractivity contribution in [2.45, 2.75) is 25.0 Å². The second kappa shape index (κ2) is 4.18. The predicted octanol–water partition coefficient (Wildman–Crippen LogP) is 3.51. The van der Waals surface area contributed by atoms with Crippen molar-refractivity contribution in [1.82, 2.24) is 9.55 Å². The average molecular weight is 270 g/mol. The molecule has 0 aliphatic heterocycles. The average Bonchev–Trinajstić information content (AvgIpc) is 2.98. The van der Waals surface area contributed by atoms with E-state index < -0.39 is 6.10 Å². The van der Waals surface area contributed by atoms with Gasteiger partial charge in [-0.05, 0) is 29.7 Å². The van der Waals surface area contributed by atoms with Gasteiger partial charge in [-0.25, -0.2) is 4.98 Å². The molecule has 1 fully saturated rings. The number of aliphatic hydroxyl groups is 1. The Morgan fingerprint density at radius 3 is 3.05 bits per heavy atom. The van der Waals surface area contributed by atoms with Crippen molar-refractivity contribution in [3.63, 3.8) is 0 Å². The molecular weight excluding hydrogens is 256 g/mol. The van der Waals surface area contributed by atoms with Crippen LogP contribution in [-0.2, 0) is 0 Å². The maximum absolute atomic E-state index is 10.7. The standard InChI is InChI=1S/C15H14N2OS/c18-14(13-8-16-9-17(13)11-4-5-11)12-3-1-2-10-6-7-19-15(10)12/h1-3,6-9,11,14,18H,4-5H2. The van der Waals surface area contributed by atoms with Crippen LogP contribution in [0.3, 0.4) is 0 Å². The van der Waals surface area contributed by atoms with Crippen LogP contribution >= 0.6 is 11.3 Å². The molecule has 1 aromatic carbocycles. The van der Waals surface area contributed by atoms with Gasteiger partial charge in [-0.1, -0.05) is 18.2 Å². The van der Waals surface area contributed by atoms with Crippen LogP contribution in [0, 0.1) is 0 Å². The minimum absolute atomic E-state index is 0.537. The Balaban J connectivity index is 1.82. The summed E-state index contributed by atoms with van der Waals surface area (Å²) in [7, 11) is 0. The number of fused-ring (bicyclic) bond motifs is 1. The van der Waals surface area contributed by atoms with E-state index in [1.54, 1.807) is 17.5 Å². The molecule has 0 bridgehead atoms. The topological polar surface area (TPSA) is 38.1 Å². The van der Waals surface area contributed by atoms with Gasteiger partial charge in [0.1, 0.15) is 6.10 Å². The third-order valence-electron chi connectivity index (χ3n) is 3.72. The highest BCUT2D eigenvalue weighted by molar-refractivity contribution is 7.17. The molecule has 2 aromatic heterocycles. The number of hydrogen-bond donors (Lipinski definition) is 1. The van der Waals surface area contributed by atoms with Crippen molar-refractivity contribution in [2.24, 2.45) is 0 Å². The Hall–Kier alpha value is -1.65. The van der Waals surface area contributed by atoms with Gasteiger partial charge < -0.3 is 9.67 Å². The van der Waals surface area contributed by atoms with Gasteiger partial charge in [0.05, 0.1) is 18.2 Å². The number of aliphatic hydroxyl groups excluding tert-OH is 1. The zero-order valence-electron chi connectivity index (χ0n) is 10.4. The minimum atomic E-state index is -0.592. The highest BCUT2D eigenvalue weighted by atomic mass is 32.1. The molecule has 0 amide bonds. The van der Waals surface area contributed by atoms with E-state index >= 15 is 0 Å². The first-order valence-corrected chi connectivity index (χ1v) is 7.38. The van der Waals surface area contributed by atoms with Crippen molar-refractivity contribution in [3.05, 3.63) is 53.4 Å². The highest BCUT2D eigenvalue weighted by Gasteiger charge is 2.28. The smallest absolute Gasteiger partial charge is 0.122 e. The fourth-order valence-electron chi connectivity index (χ4n) is 2.58. The van der Waals surface area contributed by atoms with E-state index in [9.17, 15) is 5.11 Å². The first kappa shape index (κ1) is 11.2. The molecule has 1 atom stereocenters. The maximum atomic E-state index is 10.7. The molecule has 1 saturated carbocycles. The summed E-state index contributed by atoms with van der Waals surface area (Å²) in [5.41, 5.74) is 1.89. The van der Waals surface area contributed by atoms with Crippen LogP contribution in [0.25, 0.3) is 10.1 Å². The summed E-state index contributed by atoms with van der Waals surface area (Å²) < 4.78 is 3.29. The number of nitrogens with zero attached hydrogens (tertiary/aromatic N) is 2. The van der Waals surface area contributed by atoms with Gasteiger partial charge in [-0.3, -0.25) is 0 Å². The molecule has 0 saturated heterocycles. The first-order chi connectivity index (χ1) is 9.34. The molecule has 0 spiro atoms. The third kappa shape index (κ3) is 1.79. The van der Waals surface area contributed by atoms with E-state index in [1.807, 2.05) is 18.5 Å². The van der Waals surface area contributed by atoms with Crippen LogP contribution < -0.4 is 0 Å². The van der Waals surface area contributed by atoms with Crippen molar-refractivity contribution >= 4 is 21.4 Å². The zero-order chi connectivity index (χ0) is 12.8. The quantitative estimate of drug-likeness (QED) is 0.791. The van der Waals surface area contributed by atoms with Crippen LogP contribution in [0.1, 0.15) is 36.2 Å². The lowest BCUT2D eigenvalue weighted by atomic mass is 10.1. The Labute approximate surface area is 115 Å². The van der Waals surface area contributed by atoms with E-state index in [2.05, 4.69) is 27.1 Å². The molecule has 96 valence electrons. The van der Waals surface area contributed by atoms with Gasteiger partial charge >= 0.3 is 0 Å². The zero-order valence-corrected chi connectivity index (χ0v) is 11.2. The van der Waals surface area contributed by atoms with Crippen molar-refractivity contribution in [3.8, 4) is 0 Å². The maximum Gasteiger partial charge on any atom is 0.122 e. The van der Waals surface area contributed by atoms with E-state index in [0.717, 1.165) is 11.3 Å². The van der Waals surface area contributed by atoms with Gasteiger partial charge in [-0.2, -0.15) is 0 Å². The summed E-state index contributed by atoms with van der Waals surface area (Å²) in [5.74, 6) is 0. The minimum Gasteiger partial charge on any atom is -0.382 e. The predicted molar refractivity (Wildman–Crippen MR) is 76.4 cm³/mol. The summed E-state index contributed by atoms with van der Waals surface area (Å²) in [6.45, 7) is 0. The van der Waals surface area contributed by atoms with Crippen molar-refractivity contribution in [2.75, 3.05) is 0 Å². The number of aromatic nitrogens is 2. The van der Waals surface area contributed by atoms with E-state index in [4.69, 9.17) is 0 Å². The van der Waals surface area contributed by atoms with Crippen LogP contribution in [0.5, 0.6) is 0 Å². The summed E-state index contributed by atoms with van der Waals surface area (Å²) in [5, 5.41) is 14.0. The molecule has 1 aliphatic carbocycles. The largest absolute Gasteiger partial charge is 0.382 e. The SMILES string of the molecule is OC(c1cccc2ccsc12)c1cncn1C1CC1. The molecule has 4 heteroatoms. The molecule has 19 heavy (non-hydrogen) atoms. The molecule has 1 unspecified atom stereocenters. The van der Waals surface area contributed by atoms with E-state index in [1.165, 1.54) is 22.9 Å². The van der Waals surface area contributed by atoms with Crippen LogP contribution in [-0.4, -0.2) is 14.7 Å². The first-order valence-electron chi connectivity index (χ1n) is 6.50. The van der Waals surface area contributed by atoms with Crippen LogP contribution in [0.2, 0.25) is 0 Å². The van der Waals surface area contributed by atoms with Crippen molar-refractivity contribution in [1.29, 1.82) is 0 Å². The summed E-state index contributed by atoms with van der Waals surface area (Å²) in [4.78, 5) is 4.20. The number of imidazole rings is 1. The molecule has 1 N–H and O–H groups in total. The number of thiophene rings is 1. The number of hydrogen-bond acceptors (Lipinski definition) is 3. The molecular formula is C15H14N2OS. The van der Waals surface area contributed by atoms with Gasteiger partial charge in [0.25, 0.3) is 0 Å². The van der Waals surface area contributed by atoms with Gasteiger partial charge in [-0.15, -0.1) is 11.3 Å². The van der Waals surface area contributed by atoms with Gasteiger partial charge in [0, 0.05) is 16.3 Å². The summed E-state index contributed by atoms with van der Waals surface area (Å²) in [6.07, 6.45) is 5.42. The van der Waals surface area contributed by atoms with Gasteiger partial charge in [0.2, 0.25) is 0 Å². The Bertz CT molecular complexity index is 726. The molecule has 4 rings (SSSR count). The fourth-order valence-corrected chi connectivity index (χ4v) is 3.51. The molecule has 3 aromatic rings. The lowest BCUT2D eigenvalue weighted by Crippen LogP contribution is -2.07. The second-order valence-electron chi connectivity index (χ2n) is 5.05. The number of rotatable bonds is 3. The third-order valence-corrected chi connectivity index (χ3v) is 4.70. The van der Waals surface area contributed by atoms with E-state index in [0.29, 0.717) is 6.04 Å². The highest BCUT2D eigenvalue weighted by Crippen LogP contribution is 2.39. The van der Waals surface area contributed by atoms with Crippen LogP contribution in [0.15, 0.2) is 42.2 Å². The monoisotopic (exact) mass is 270 g/mol. The molecule has 0 radical (unpaired) electrons. The Morgan fingerprint density at radius 2 is 2.21 bits per heavy atom. The van der Waals surface area contributed by atoms with Crippen molar-refractivity contribution < 1.29 is 5.11 Å².